The Labute approximate surface area is 78.2 Å². The maximum Gasteiger partial charge on any atom is 0.140 e. The van der Waals surface area contributed by atoms with E-state index in [0.29, 0.717) is 29.5 Å². The van der Waals surface area contributed by atoms with Gasteiger partial charge in [0.2, 0.25) is 0 Å². The third kappa shape index (κ3) is 0.512. The molecule has 1 nitrogen and oxygen atoms in total. The number of rotatable bonds is 0. The molecule has 7 atom stereocenters. The number of allylic oxidation sites excluding steroid dienone is 2. The highest BCUT2D eigenvalue weighted by Crippen LogP contribution is 2.67. The number of hydrogen-bond donors (Lipinski definition) is 0. The zero-order valence-electron chi connectivity index (χ0n) is 7.81. The van der Waals surface area contributed by atoms with E-state index >= 15 is 0 Å². The summed E-state index contributed by atoms with van der Waals surface area (Å²) in [6, 6.07) is 0. The molecule has 0 heterocycles. The molecule has 0 N–H and O–H groups in total. The largest absolute Gasteiger partial charge is 0.299 e. The minimum absolute atomic E-state index is 0.420. The predicted octanol–water partition coefficient (Wildman–Crippen LogP) is 1.89. The van der Waals surface area contributed by atoms with Crippen molar-refractivity contribution in [3.8, 4) is 0 Å². The van der Waals surface area contributed by atoms with Gasteiger partial charge >= 0.3 is 0 Å². The standard InChI is InChI=1S/C12H14O/c1-5-8-4-9-11-6(8)2-3-7(11)10(5)12(9)13/h2-3,5-11H,4H2,1H3/t5-,6-,7-,8+,9+,10+,11+/m0/s1. The SMILES string of the molecule is C[C@H]1[C@H]2C[C@H]3C(=O)[C@H]1[C@@H]1C=C[C@@H]2[C@H]13. The first kappa shape index (κ1) is 6.80. The van der Waals surface area contributed by atoms with Crippen LogP contribution in [0.4, 0.5) is 0 Å². The fourth-order valence-electron chi connectivity index (χ4n) is 4.88. The Morgan fingerprint density at radius 3 is 2.92 bits per heavy atom. The van der Waals surface area contributed by atoms with Gasteiger partial charge in [-0.15, -0.1) is 0 Å². The molecule has 5 rings (SSSR count). The molecule has 6 bridgehead atoms. The van der Waals surface area contributed by atoms with Gasteiger partial charge in [0.25, 0.3) is 0 Å². The van der Waals surface area contributed by atoms with E-state index in [1.165, 1.54) is 6.42 Å². The second-order valence-corrected chi connectivity index (χ2v) is 5.41. The molecule has 0 unspecified atom stereocenters. The maximum absolute atomic E-state index is 12.0. The summed E-state index contributed by atoms with van der Waals surface area (Å²) >= 11 is 0. The van der Waals surface area contributed by atoms with Crippen LogP contribution >= 0.6 is 0 Å². The summed E-state index contributed by atoms with van der Waals surface area (Å²) in [5, 5.41) is 0. The Kier molecular flexibility index (Phi) is 0.928. The first-order valence-electron chi connectivity index (χ1n) is 5.51. The van der Waals surface area contributed by atoms with Crippen molar-refractivity contribution in [1.82, 2.24) is 0 Å². The van der Waals surface area contributed by atoms with Crippen LogP contribution in [-0.2, 0) is 4.79 Å². The first-order valence-corrected chi connectivity index (χ1v) is 5.51. The number of hydrogen-bond acceptors (Lipinski definition) is 1. The molecule has 0 spiro atoms. The molecule has 4 fully saturated rings. The average molecular weight is 174 g/mol. The molecule has 1 heteroatoms. The van der Waals surface area contributed by atoms with Crippen LogP contribution in [-0.4, -0.2) is 5.78 Å². The van der Waals surface area contributed by atoms with Crippen LogP contribution in [0.15, 0.2) is 12.2 Å². The summed E-state index contributed by atoms with van der Waals surface area (Å²) in [4.78, 5) is 12.0. The van der Waals surface area contributed by atoms with E-state index < -0.39 is 0 Å². The Morgan fingerprint density at radius 2 is 2.08 bits per heavy atom. The summed E-state index contributed by atoms with van der Waals surface area (Å²) in [7, 11) is 0. The number of Topliss-reactive ketones (excluding diaryl/α,β-unsaturated/α-hetero) is 1. The average Bonchev–Trinajstić information content (AvgIpc) is 2.64. The van der Waals surface area contributed by atoms with Gasteiger partial charge in [0.15, 0.2) is 0 Å². The van der Waals surface area contributed by atoms with Gasteiger partial charge in [-0.3, -0.25) is 4.79 Å². The highest BCUT2D eigenvalue weighted by atomic mass is 16.1. The van der Waals surface area contributed by atoms with Gasteiger partial charge in [0.05, 0.1) is 0 Å². The zero-order chi connectivity index (χ0) is 8.74. The summed E-state index contributed by atoms with van der Waals surface area (Å²) in [5.41, 5.74) is 0. The predicted molar refractivity (Wildman–Crippen MR) is 48.9 cm³/mol. The summed E-state index contributed by atoms with van der Waals surface area (Å²) in [5.74, 6) is 5.22. The van der Waals surface area contributed by atoms with Crippen molar-refractivity contribution in [3.63, 3.8) is 0 Å². The van der Waals surface area contributed by atoms with Gasteiger partial charge in [-0.25, -0.2) is 0 Å². The molecule has 13 heavy (non-hydrogen) atoms. The maximum atomic E-state index is 12.0. The highest BCUT2D eigenvalue weighted by Gasteiger charge is 2.66. The molecule has 5 aliphatic rings. The van der Waals surface area contributed by atoms with E-state index in [0.717, 1.165) is 17.8 Å². The normalized spacial score (nSPS) is 65.6. The molecular weight excluding hydrogens is 160 g/mol. The smallest absolute Gasteiger partial charge is 0.140 e. The lowest BCUT2D eigenvalue weighted by Crippen LogP contribution is -2.36. The first-order chi connectivity index (χ1) is 6.29. The van der Waals surface area contributed by atoms with Crippen LogP contribution in [0, 0.1) is 41.4 Å². The summed E-state index contributed by atoms with van der Waals surface area (Å²) < 4.78 is 0. The topological polar surface area (TPSA) is 17.1 Å². The van der Waals surface area contributed by atoms with Gasteiger partial charge in [0, 0.05) is 11.8 Å². The van der Waals surface area contributed by atoms with E-state index in [1.54, 1.807) is 0 Å². The molecule has 0 aromatic rings. The Balaban J connectivity index is 1.97. The van der Waals surface area contributed by atoms with E-state index in [1.807, 2.05) is 0 Å². The van der Waals surface area contributed by atoms with Crippen LogP contribution in [0.5, 0.6) is 0 Å². The van der Waals surface area contributed by atoms with E-state index in [2.05, 4.69) is 19.1 Å². The van der Waals surface area contributed by atoms with Crippen LogP contribution < -0.4 is 0 Å². The summed E-state index contributed by atoms with van der Waals surface area (Å²) in [6.07, 6.45) is 5.99. The molecule has 4 saturated carbocycles. The van der Waals surface area contributed by atoms with Gasteiger partial charge in [0.1, 0.15) is 5.78 Å². The van der Waals surface area contributed by atoms with Crippen molar-refractivity contribution in [2.75, 3.05) is 0 Å². The number of carbonyl (C=O) groups is 1. The lowest BCUT2D eigenvalue weighted by molar-refractivity contribution is -0.128. The Hall–Kier alpha value is -0.590. The van der Waals surface area contributed by atoms with Gasteiger partial charge in [-0.05, 0) is 36.0 Å². The third-order valence-corrected chi connectivity index (χ3v) is 5.28. The molecule has 68 valence electrons. The molecule has 0 saturated heterocycles. The van der Waals surface area contributed by atoms with Crippen LogP contribution in [0.2, 0.25) is 0 Å². The number of carbonyl (C=O) groups excluding carboxylic acids is 1. The fourth-order valence-corrected chi connectivity index (χ4v) is 4.88. The molecule has 5 aliphatic carbocycles. The number of ketones is 1. The second-order valence-electron chi connectivity index (χ2n) is 5.41. The van der Waals surface area contributed by atoms with Crippen molar-refractivity contribution < 1.29 is 4.79 Å². The van der Waals surface area contributed by atoms with Gasteiger partial charge in [-0.1, -0.05) is 19.1 Å². The Bertz CT molecular complexity index is 330. The quantitative estimate of drug-likeness (QED) is 0.512. The second kappa shape index (κ2) is 1.77. The van der Waals surface area contributed by atoms with Crippen LogP contribution in [0.1, 0.15) is 13.3 Å². The lowest BCUT2D eigenvalue weighted by atomic mass is 9.67. The zero-order valence-corrected chi connectivity index (χ0v) is 7.81. The van der Waals surface area contributed by atoms with Crippen LogP contribution in [0.3, 0.4) is 0 Å². The lowest BCUT2D eigenvalue weighted by Gasteiger charge is -2.36. The monoisotopic (exact) mass is 174 g/mol. The van der Waals surface area contributed by atoms with Crippen molar-refractivity contribution >= 4 is 5.78 Å². The molecular formula is C12H14O. The minimum Gasteiger partial charge on any atom is -0.299 e. The van der Waals surface area contributed by atoms with Crippen LogP contribution in [0.25, 0.3) is 0 Å². The van der Waals surface area contributed by atoms with Gasteiger partial charge < -0.3 is 0 Å². The fraction of sp³-hybridized carbons (Fsp3) is 0.750. The van der Waals surface area contributed by atoms with E-state index in [4.69, 9.17) is 0 Å². The summed E-state index contributed by atoms with van der Waals surface area (Å²) in [6.45, 7) is 2.30. The molecule has 0 amide bonds. The Morgan fingerprint density at radius 1 is 1.31 bits per heavy atom. The van der Waals surface area contributed by atoms with E-state index in [9.17, 15) is 4.79 Å². The third-order valence-electron chi connectivity index (χ3n) is 5.28. The molecule has 0 aliphatic heterocycles. The van der Waals surface area contributed by atoms with Gasteiger partial charge in [-0.2, -0.15) is 0 Å². The minimum atomic E-state index is 0.420. The van der Waals surface area contributed by atoms with Crippen molar-refractivity contribution in [2.45, 2.75) is 13.3 Å². The van der Waals surface area contributed by atoms with Crippen molar-refractivity contribution in [1.29, 1.82) is 0 Å². The highest BCUT2D eigenvalue weighted by molar-refractivity contribution is 5.89. The molecule has 0 aromatic carbocycles. The molecule has 0 radical (unpaired) electrons. The van der Waals surface area contributed by atoms with Crippen molar-refractivity contribution in [2.24, 2.45) is 41.4 Å². The molecule has 0 aromatic heterocycles. The van der Waals surface area contributed by atoms with Crippen molar-refractivity contribution in [3.05, 3.63) is 12.2 Å². The van der Waals surface area contributed by atoms with E-state index in [-0.39, 0.29) is 0 Å².